The molecule has 0 spiro atoms. The lowest BCUT2D eigenvalue weighted by Crippen LogP contribution is -2.49. The number of carbonyl (C=O) groups is 1. The third-order valence-corrected chi connectivity index (χ3v) is 7.90. The summed E-state index contributed by atoms with van der Waals surface area (Å²) in [6.45, 7) is 1.18. The van der Waals surface area contributed by atoms with Crippen LogP contribution in [0.25, 0.3) is 0 Å². The topological polar surface area (TPSA) is 161 Å². The molecule has 1 heterocycles. The number of nitro groups is 1. The number of nitro benzene ring substituents is 1. The van der Waals surface area contributed by atoms with Crippen LogP contribution in [0.2, 0.25) is 0 Å². The first-order valence-electron chi connectivity index (χ1n) is 8.47. The Labute approximate surface area is 163 Å². The number of nitrogens with zero attached hydrogens (tertiary/aromatic N) is 3. The fraction of sp³-hybridized carbons (Fsp3) is 0.533. The molecule has 1 aliphatic heterocycles. The molecule has 0 bridgehead atoms. The number of hydrogen-bond donors (Lipinski definition) is 1. The van der Waals surface area contributed by atoms with Crippen LogP contribution in [0.3, 0.4) is 0 Å². The van der Waals surface area contributed by atoms with E-state index in [2.05, 4.69) is 0 Å². The molecule has 1 fully saturated rings. The highest BCUT2D eigenvalue weighted by Crippen LogP contribution is 2.22. The van der Waals surface area contributed by atoms with Crippen molar-refractivity contribution < 1.29 is 26.6 Å². The molecular formula is C15H22N4O7S2. The number of amides is 1. The second-order valence-corrected chi connectivity index (χ2v) is 10.6. The molecule has 0 radical (unpaired) electrons. The first-order valence-corrected chi connectivity index (χ1v) is 11.7. The van der Waals surface area contributed by atoms with Crippen molar-refractivity contribution in [2.75, 3.05) is 44.2 Å². The second-order valence-electron chi connectivity index (χ2n) is 6.37. The monoisotopic (exact) mass is 434 g/mol. The van der Waals surface area contributed by atoms with Gasteiger partial charge in [0.2, 0.25) is 15.9 Å². The first kappa shape index (κ1) is 22.2. The summed E-state index contributed by atoms with van der Waals surface area (Å²) in [6, 6.07) is 4.86. The van der Waals surface area contributed by atoms with Gasteiger partial charge >= 0.3 is 0 Å². The van der Waals surface area contributed by atoms with Gasteiger partial charge in [-0.3, -0.25) is 19.8 Å². The van der Waals surface area contributed by atoms with Crippen molar-refractivity contribution in [1.29, 1.82) is 0 Å². The maximum absolute atomic E-state index is 12.7. The number of piperazine rings is 1. The maximum atomic E-state index is 12.7. The van der Waals surface area contributed by atoms with E-state index < -0.39 is 30.7 Å². The van der Waals surface area contributed by atoms with Gasteiger partial charge in [0.1, 0.15) is 0 Å². The molecule has 1 amide bonds. The molecule has 11 nitrogen and oxygen atoms in total. The zero-order chi connectivity index (χ0) is 20.9. The number of benzene rings is 1. The van der Waals surface area contributed by atoms with Gasteiger partial charge in [0.05, 0.1) is 21.3 Å². The van der Waals surface area contributed by atoms with Gasteiger partial charge in [-0.1, -0.05) is 6.07 Å². The summed E-state index contributed by atoms with van der Waals surface area (Å²) in [4.78, 5) is 22.6. The highest BCUT2D eigenvalue weighted by atomic mass is 32.2. The summed E-state index contributed by atoms with van der Waals surface area (Å²) in [6.07, 6.45) is -0.225. The third kappa shape index (κ3) is 5.95. The largest absolute Gasteiger partial charge is 0.370 e. The average molecular weight is 434 g/mol. The number of hydrogen-bond acceptors (Lipinski definition) is 8. The van der Waals surface area contributed by atoms with E-state index in [9.17, 15) is 31.7 Å². The molecule has 1 aromatic carbocycles. The number of sulfone groups is 1. The van der Waals surface area contributed by atoms with Crippen LogP contribution in [0.5, 0.6) is 0 Å². The number of carbonyl (C=O) groups excluding carboxylic acids is 1. The molecule has 1 saturated heterocycles. The van der Waals surface area contributed by atoms with Crippen LogP contribution in [-0.4, -0.2) is 81.1 Å². The summed E-state index contributed by atoms with van der Waals surface area (Å²) >= 11 is 0. The van der Waals surface area contributed by atoms with Crippen molar-refractivity contribution in [3.05, 3.63) is 34.4 Å². The van der Waals surface area contributed by atoms with Gasteiger partial charge in [0.25, 0.3) is 5.69 Å². The van der Waals surface area contributed by atoms with Crippen LogP contribution in [0.15, 0.2) is 29.2 Å². The summed E-state index contributed by atoms with van der Waals surface area (Å²) in [7, 11) is -7.28. The quantitative estimate of drug-likeness (QED) is 0.390. The molecule has 0 saturated carbocycles. The van der Waals surface area contributed by atoms with Crippen molar-refractivity contribution in [2.24, 2.45) is 5.73 Å². The molecule has 156 valence electrons. The van der Waals surface area contributed by atoms with Crippen molar-refractivity contribution >= 4 is 31.5 Å². The minimum atomic E-state index is -3.87. The Morgan fingerprint density at radius 2 is 1.75 bits per heavy atom. The molecule has 2 rings (SSSR count). The molecule has 1 aromatic rings. The van der Waals surface area contributed by atoms with Gasteiger partial charge in [-0.15, -0.1) is 0 Å². The fourth-order valence-electron chi connectivity index (χ4n) is 2.73. The SMILES string of the molecule is NC(=O)CCS(=O)(=O)CCN1CCN(S(=O)(=O)c2cccc([N+](=O)[O-])c2)CC1. The van der Waals surface area contributed by atoms with Crippen molar-refractivity contribution in [3.63, 3.8) is 0 Å². The maximum Gasteiger partial charge on any atom is 0.270 e. The van der Waals surface area contributed by atoms with Gasteiger partial charge in [0, 0.05) is 51.3 Å². The minimum absolute atomic E-state index is 0.141. The number of nitrogens with two attached hydrogens (primary N) is 1. The molecule has 1 aliphatic rings. The summed E-state index contributed by atoms with van der Waals surface area (Å²) < 4.78 is 50.3. The molecular weight excluding hydrogens is 412 g/mol. The van der Waals surface area contributed by atoms with E-state index in [1.54, 1.807) is 0 Å². The standard InChI is InChI=1S/C15H22N4O7S2/c16-15(20)4-10-27(23,24)11-9-17-5-7-18(8-6-17)28(25,26)14-3-1-2-13(12-14)19(21)22/h1-3,12H,4-11H2,(H2,16,20). The van der Waals surface area contributed by atoms with Crippen LogP contribution < -0.4 is 5.73 Å². The Morgan fingerprint density at radius 3 is 2.32 bits per heavy atom. The summed E-state index contributed by atoms with van der Waals surface area (Å²) in [5, 5.41) is 10.9. The van der Waals surface area contributed by atoms with Gasteiger partial charge in [-0.2, -0.15) is 4.31 Å². The normalized spacial score (nSPS) is 16.7. The van der Waals surface area contributed by atoms with Crippen LogP contribution in [0.1, 0.15) is 6.42 Å². The molecule has 2 N–H and O–H groups in total. The van der Waals surface area contributed by atoms with E-state index in [-0.39, 0.29) is 48.1 Å². The van der Waals surface area contributed by atoms with Crippen LogP contribution in [0, 0.1) is 10.1 Å². The number of non-ortho nitro benzene ring substituents is 1. The number of sulfonamides is 1. The lowest BCUT2D eigenvalue weighted by Gasteiger charge is -2.33. The van der Waals surface area contributed by atoms with Gasteiger partial charge in [-0.25, -0.2) is 16.8 Å². The van der Waals surface area contributed by atoms with E-state index >= 15 is 0 Å². The highest BCUT2D eigenvalue weighted by Gasteiger charge is 2.29. The summed E-state index contributed by atoms with van der Waals surface area (Å²) in [5.74, 6) is -1.12. The fourth-order valence-corrected chi connectivity index (χ4v) is 5.44. The van der Waals surface area contributed by atoms with Gasteiger partial charge in [0.15, 0.2) is 9.84 Å². The Hall–Kier alpha value is -2.09. The molecule has 0 aromatic heterocycles. The van der Waals surface area contributed by atoms with E-state index in [1.165, 1.54) is 22.5 Å². The zero-order valence-corrected chi connectivity index (χ0v) is 16.7. The number of rotatable bonds is 9. The first-order chi connectivity index (χ1) is 13.0. The average Bonchev–Trinajstić information content (AvgIpc) is 2.65. The van der Waals surface area contributed by atoms with Crippen LogP contribution in [-0.2, 0) is 24.7 Å². The number of primary amides is 1. The van der Waals surface area contributed by atoms with Crippen molar-refractivity contribution in [3.8, 4) is 0 Å². The molecule has 0 aliphatic carbocycles. The Balaban J connectivity index is 1.93. The van der Waals surface area contributed by atoms with Gasteiger partial charge in [-0.05, 0) is 6.07 Å². The molecule has 0 atom stereocenters. The van der Waals surface area contributed by atoms with Crippen LogP contribution >= 0.6 is 0 Å². The smallest absolute Gasteiger partial charge is 0.270 e. The molecule has 13 heteroatoms. The Bertz CT molecular complexity index is 939. The van der Waals surface area contributed by atoms with Crippen LogP contribution in [0.4, 0.5) is 5.69 Å². The third-order valence-electron chi connectivity index (χ3n) is 4.38. The molecule has 28 heavy (non-hydrogen) atoms. The van der Waals surface area contributed by atoms with E-state index in [4.69, 9.17) is 5.73 Å². The van der Waals surface area contributed by atoms with E-state index in [0.29, 0.717) is 13.1 Å². The lowest BCUT2D eigenvalue weighted by atomic mass is 10.3. The van der Waals surface area contributed by atoms with Crippen molar-refractivity contribution in [1.82, 2.24) is 9.21 Å². The lowest BCUT2D eigenvalue weighted by molar-refractivity contribution is -0.385. The van der Waals surface area contributed by atoms with E-state index in [1.807, 2.05) is 4.90 Å². The van der Waals surface area contributed by atoms with Gasteiger partial charge < -0.3 is 5.73 Å². The van der Waals surface area contributed by atoms with Crippen molar-refractivity contribution in [2.45, 2.75) is 11.3 Å². The highest BCUT2D eigenvalue weighted by molar-refractivity contribution is 7.91. The minimum Gasteiger partial charge on any atom is -0.370 e. The Kier molecular flexibility index (Phi) is 7.09. The predicted octanol–water partition coefficient (Wildman–Crippen LogP) is -0.809. The summed E-state index contributed by atoms with van der Waals surface area (Å²) in [5.41, 5.74) is 4.65. The molecule has 0 unspecified atom stereocenters. The predicted molar refractivity (Wildman–Crippen MR) is 101 cm³/mol. The second kappa shape index (κ2) is 8.94. The zero-order valence-electron chi connectivity index (χ0n) is 15.1. The van der Waals surface area contributed by atoms with E-state index in [0.717, 1.165) is 6.07 Å². The Morgan fingerprint density at radius 1 is 1.11 bits per heavy atom.